The predicted molar refractivity (Wildman–Crippen MR) is 91.3 cm³/mol. The van der Waals surface area contributed by atoms with Gasteiger partial charge in [0, 0.05) is 0 Å². The lowest BCUT2D eigenvalue weighted by molar-refractivity contribution is 0.475. The molecule has 0 aliphatic carbocycles. The summed E-state index contributed by atoms with van der Waals surface area (Å²) in [6.07, 6.45) is 0. The molecule has 0 N–H and O–H groups in total. The summed E-state index contributed by atoms with van der Waals surface area (Å²) < 4.78 is 8.34. The second kappa shape index (κ2) is 4.46. The fourth-order valence-electron chi connectivity index (χ4n) is 3.30. The van der Waals surface area contributed by atoms with Crippen LogP contribution in [0.3, 0.4) is 0 Å². The highest BCUT2D eigenvalue weighted by molar-refractivity contribution is 5.87. The second-order valence-corrected chi connectivity index (χ2v) is 5.77. The molecule has 1 aromatic heterocycles. The number of fused-ring (bicyclic) bond motifs is 2. The number of ether oxygens (including phenoxy) is 1. The average Bonchev–Trinajstić information content (AvgIpc) is 2.93. The SMILES string of the molecule is Cc1nc2cccc3c2n1-c1ccc(-c2ccccc2)cc1O3. The zero-order valence-electron chi connectivity index (χ0n) is 12.7. The lowest BCUT2D eigenvalue weighted by Crippen LogP contribution is -2.05. The Bertz CT molecular complexity index is 1050. The van der Waals surface area contributed by atoms with Gasteiger partial charge in [-0.3, -0.25) is 4.57 Å². The van der Waals surface area contributed by atoms with E-state index in [0.29, 0.717) is 0 Å². The van der Waals surface area contributed by atoms with Crippen molar-refractivity contribution in [1.29, 1.82) is 0 Å². The van der Waals surface area contributed by atoms with Crippen LogP contribution in [0.4, 0.5) is 0 Å². The summed E-state index contributed by atoms with van der Waals surface area (Å²) >= 11 is 0. The van der Waals surface area contributed by atoms with E-state index >= 15 is 0 Å². The summed E-state index contributed by atoms with van der Waals surface area (Å²) in [4.78, 5) is 4.65. The van der Waals surface area contributed by atoms with Gasteiger partial charge in [-0.2, -0.15) is 0 Å². The van der Waals surface area contributed by atoms with Gasteiger partial charge in [0.05, 0.1) is 11.2 Å². The summed E-state index contributed by atoms with van der Waals surface area (Å²) in [6, 6.07) is 22.7. The van der Waals surface area contributed by atoms with Gasteiger partial charge in [-0.1, -0.05) is 42.5 Å². The molecule has 3 nitrogen and oxygen atoms in total. The Balaban J connectivity index is 1.77. The molecule has 3 heteroatoms. The van der Waals surface area contributed by atoms with Gasteiger partial charge >= 0.3 is 0 Å². The largest absolute Gasteiger partial charge is 0.453 e. The van der Waals surface area contributed by atoms with Crippen LogP contribution in [0.2, 0.25) is 0 Å². The highest BCUT2D eigenvalue weighted by atomic mass is 16.5. The molecule has 5 rings (SSSR count). The lowest BCUT2D eigenvalue weighted by Gasteiger charge is -2.21. The highest BCUT2D eigenvalue weighted by Gasteiger charge is 2.22. The van der Waals surface area contributed by atoms with Crippen molar-refractivity contribution in [1.82, 2.24) is 9.55 Å². The lowest BCUT2D eigenvalue weighted by atomic mass is 10.0. The molecule has 0 fully saturated rings. The van der Waals surface area contributed by atoms with Gasteiger partial charge in [0.1, 0.15) is 11.3 Å². The number of benzene rings is 3. The zero-order chi connectivity index (χ0) is 15.4. The maximum absolute atomic E-state index is 6.16. The van der Waals surface area contributed by atoms with Crippen molar-refractivity contribution in [3.8, 4) is 28.3 Å². The Hall–Kier alpha value is -3.07. The van der Waals surface area contributed by atoms with Gasteiger partial charge < -0.3 is 4.74 Å². The van der Waals surface area contributed by atoms with Gasteiger partial charge in [-0.25, -0.2) is 4.98 Å². The van der Waals surface area contributed by atoms with Crippen LogP contribution in [0, 0.1) is 6.92 Å². The van der Waals surface area contributed by atoms with Crippen molar-refractivity contribution >= 4 is 11.0 Å². The molecule has 1 aliphatic heterocycles. The zero-order valence-corrected chi connectivity index (χ0v) is 12.7. The van der Waals surface area contributed by atoms with Crippen molar-refractivity contribution in [3.63, 3.8) is 0 Å². The first-order valence-corrected chi connectivity index (χ1v) is 7.67. The molecule has 110 valence electrons. The maximum atomic E-state index is 6.16. The summed E-state index contributed by atoms with van der Waals surface area (Å²) in [5.74, 6) is 2.71. The molecular formula is C20H14N2O. The van der Waals surface area contributed by atoms with Crippen LogP contribution >= 0.6 is 0 Å². The van der Waals surface area contributed by atoms with E-state index < -0.39 is 0 Å². The molecule has 0 saturated heterocycles. The van der Waals surface area contributed by atoms with Gasteiger partial charge in [-0.15, -0.1) is 0 Å². The molecule has 2 heterocycles. The average molecular weight is 298 g/mol. The van der Waals surface area contributed by atoms with E-state index in [0.717, 1.165) is 39.6 Å². The third-order valence-corrected chi connectivity index (χ3v) is 4.33. The molecular weight excluding hydrogens is 284 g/mol. The fraction of sp³-hybridized carbons (Fsp3) is 0.0500. The number of hydrogen-bond acceptors (Lipinski definition) is 2. The Morgan fingerprint density at radius 1 is 0.826 bits per heavy atom. The van der Waals surface area contributed by atoms with E-state index in [9.17, 15) is 0 Å². The molecule has 0 unspecified atom stereocenters. The van der Waals surface area contributed by atoms with E-state index in [-0.39, 0.29) is 0 Å². The summed E-state index contributed by atoms with van der Waals surface area (Å²) in [5.41, 5.74) is 5.40. The standard InChI is InChI=1S/C20H14N2O/c1-13-21-16-8-5-9-18-20(16)22(13)17-11-10-15(12-19(17)23-18)14-6-3-2-4-7-14/h2-12H,1H3. The molecule has 0 spiro atoms. The van der Waals surface area contributed by atoms with E-state index in [1.54, 1.807) is 0 Å². The molecule has 0 saturated carbocycles. The third-order valence-electron chi connectivity index (χ3n) is 4.33. The van der Waals surface area contributed by atoms with E-state index in [1.807, 2.05) is 31.2 Å². The molecule has 3 aromatic carbocycles. The van der Waals surface area contributed by atoms with E-state index in [2.05, 4.69) is 52.0 Å². The minimum atomic E-state index is 0.862. The number of rotatable bonds is 1. The molecule has 1 aliphatic rings. The van der Waals surface area contributed by atoms with Crippen LogP contribution in [0.25, 0.3) is 27.8 Å². The molecule has 0 amide bonds. The van der Waals surface area contributed by atoms with E-state index in [4.69, 9.17) is 4.74 Å². The topological polar surface area (TPSA) is 27.1 Å². The smallest absolute Gasteiger partial charge is 0.153 e. The maximum Gasteiger partial charge on any atom is 0.153 e. The van der Waals surface area contributed by atoms with Crippen LogP contribution in [-0.2, 0) is 0 Å². The first-order valence-electron chi connectivity index (χ1n) is 7.67. The quantitative estimate of drug-likeness (QED) is 0.430. The Morgan fingerprint density at radius 3 is 2.57 bits per heavy atom. The monoisotopic (exact) mass is 298 g/mol. The second-order valence-electron chi connectivity index (χ2n) is 5.77. The Morgan fingerprint density at radius 2 is 1.70 bits per heavy atom. The predicted octanol–water partition coefficient (Wildman–Crippen LogP) is 5.11. The molecule has 0 atom stereocenters. The van der Waals surface area contributed by atoms with Crippen LogP contribution in [0.15, 0.2) is 66.7 Å². The van der Waals surface area contributed by atoms with Gasteiger partial charge in [-0.05, 0) is 42.3 Å². The normalized spacial score (nSPS) is 12.0. The Labute approximate surface area is 133 Å². The van der Waals surface area contributed by atoms with Gasteiger partial charge in [0.25, 0.3) is 0 Å². The fourth-order valence-corrected chi connectivity index (χ4v) is 3.30. The number of nitrogens with zero attached hydrogens (tertiary/aromatic N) is 2. The number of para-hydroxylation sites is 1. The summed E-state index contributed by atoms with van der Waals surface area (Å²) in [7, 11) is 0. The minimum Gasteiger partial charge on any atom is -0.453 e. The molecule has 4 aromatic rings. The van der Waals surface area contributed by atoms with Crippen molar-refractivity contribution in [3.05, 3.63) is 72.6 Å². The summed E-state index contributed by atoms with van der Waals surface area (Å²) in [6.45, 7) is 2.03. The summed E-state index contributed by atoms with van der Waals surface area (Å²) in [5, 5.41) is 0. The van der Waals surface area contributed by atoms with E-state index in [1.165, 1.54) is 5.56 Å². The van der Waals surface area contributed by atoms with Gasteiger partial charge in [0.2, 0.25) is 0 Å². The highest BCUT2D eigenvalue weighted by Crippen LogP contribution is 2.42. The van der Waals surface area contributed by atoms with Crippen LogP contribution in [0.1, 0.15) is 5.82 Å². The number of aromatic nitrogens is 2. The molecule has 0 radical (unpaired) electrons. The first-order chi connectivity index (χ1) is 11.3. The van der Waals surface area contributed by atoms with Crippen molar-refractivity contribution in [2.45, 2.75) is 6.92 Å². The molecule has 23 heavy (non-hydrogen) atoms. The van der Waals surface area contributed by atoms with Crippen molar-refractivity contribution < 1.29 is 4.74 Å². The minimum absolute atomic E-state index is 0.862. The Kier molecular flexibility index (Phi) is 2.42. The van der Waals surface area contributed by atoms with Crippen molar-refractivity contribution in [2.24, 2.45) is 0 Å². The van der Waals surface area contributed by atoms with Gasteiger partial charge in [0.15, 0.2) is 11.5 Å². The number of hydrogen-bond donors (Lipinski definition) is 0. The third kappa shape index (κ3) is 1.73. The van der Waals surface area contributed by atoms with Crippen molar-refractivity contribution in [2.75, 3.05) is 0 Å². The number of aryl methyl sites for hydroxylation is 1. The first kappa shape index (κ1) is 12.5. The van der Waals surface area contributed by atoms with Crippen LogP contribution in [0.5, 0.6) is 11.5 Å². The van der Waals surface area contributed by atoms with Crippen LogP contribution in [-0.4, -0.2) is 9.55 Å². The molecule has 0 bridgehead atoms. The van der Waals surface area contributed by atoms with Crippen LogP contribution < -0.4 is 4.74 Å². The number of imidazole rings is 1.